The van der Waals surface area contributed by atoms with Gasteiger partial charge in [-0.2, -0.15) is 5.26 Å². The van der Waals surface area contributed by atoms with Crippen LogP contribution in [0.15, 0.2) is 18.2 Å². The summed E-state index contributed by atoms with van der Waals surface area (Å²) in [6.07, 6.45) is 0.415. The van der Waals surface area contributed by atoms with Crippen molar-refractivity contribution in [2.75, 3.05) is 12.0 Å². The molecule has 0 unspecified atom stereocenters. The zero-order valence-corrected chi connectivity index (χ0v) is 11.7. The van der Waals surface area contributed by atoms with Gasteiger partial charge in [-0.25, -0.2) is 0 Å². The van der Waals surface area contributed by atoms with Gasteiger partial charge in [0.1, 0.15) is 0 Å². The second kappa shape index (κ2) is 7.43. The van der Waals surface area contributed by atoms with Crippen molar-refractivity contribution in [1.29, 1.82) is 5.26 Å². The summed E-state index contributed by atoms with van der Waals surface area (Å²) in [4.78, 5) is 12.5. The first kappa shape index (κ1) is 15.9. The Kier molecular flexibility index (Phi) is 5.90. The molecule has 0 atom stereocenters. The summed E-state index contributed by atoms with van der Waals surface area (Å²) in [6, 6.07) is 6.85. The minimum Gasteiger partial charge on any atom is -0.324 e. The van der Waals surface area contributed by atoms with E-state index in [1.54, 1.807) is 6.07 Å². The summed E-state index contributed by atoms with van der Waals surface area (Å²) in [5.74, 6) is 5.44. The van der Waals surface area contributed by atoms with Crippen molar-refractivity contribution >= 4 is 11.4 Å². The third kappa shape index (κ3) is 4.19. The molecular formula is C13H19N5O2. The number of nitrogens with one attached hydrogen (secondary N) is 1. The fourth-order valence-electron chi connectivity index (χ4n) is 1.90. The molecule has 108 valence electrons. The van der Waals surface area contributed by atoms with Crippen LogP contribution in [-0.4, -0.2) is 22.4 Å². The van der Waals surface area contributed by atoms with E-state index in [1.165, 1.54) is 12.1 Å². The van der Waals surface area contributed by atoms with Gasteiger partial charge in [0, 0.05) is 37.7 Å². The normalized spacial score (nSPS) is 10.6. The monoisotopic (exact) mass is 277 g/mol. The topological polar surface area (TPSA) is 108 Å². The Bertz CT molecular complexity index is 510. The molecule has 0 saturated heterocycles. The number of hydrogen-bond acceptors (Lipinski definition) is 6. The molecule has 0 aliphatic heterocycles. The van der Waals surface area contributed by atoms with Gasteiger partial charge in [-0.1, -0.05) is 0 Å². The van der Waals surface area contributed by atoms with Crippen LogP contribution in [0.1, 0.15) is 25.8 Å². The Labute approximate surface area is 118 Å². The van der Waals surface area contributed by atoms with Crippen LogP contribution in [0.2, 0.25) is 0 Å². The number of nitro groups is 1. The fourth-order valence-corrected chi connectivity index (χ4v) is 1.90. The van der Waals surface area contributed by atoms with Crippen molar-refractivity contribution in [3.63, 3.8) is 0 Å². The van der Waals surface area contributed by atoms with E-state index in [0.29, 0.717) is 25.2 Å². The molecule has 0 heterocycles. The number of nitrogen functional groups attached to an aromatic ring is 1. The summed E-state index contributed by atoms with van der Waals surface area (Å²) in [5.41, 5.74) is 3.97. The van der Waals surface area contributed by atoms with Crippen molar-refractivity contribution in [1.82, 2.24) is 4.90 Å². The molecule has 0 aliphatic rings. The number of benzene rings is 1. The predicted molar refractivity (Wildman–Crippen MR) is 76.7 cm³/mol. The van der Waals surface area contributed by atoms with Crippen molar-refractivity contribution in [2.45, 2.75) is 32.9 Å². The number of non-ortho nitro benzene ring substituents is 1. The third-order valence-corrected chi connectivity index (χ3v) is 3.07. The first-order valence-corrected chi connectivity index (χ1v) is 6.34. The maximum absolute atomic E-state index is 10.8. The smallest absolute Gasteiger partial charge is 0.269 e. The number of nitro benzene ring substituents is 1. The maximum Gasteiger partial charge on any atom is 0.269 e. The van der Waals surface area contributed by atoms with Crippen molar-refractivity contribution in [3.05, 3.63) is 33.9 Å². The van der Waals surface area contributed by atoms with Crippen molar-refractivity contribution in [2.24, 2.45) is 5.84 Å². The summed E-state index contributed by atoms with van der Waals surface area (Å²) >= 11 is 0. The van der Waals surface area contributed by atoms with Gasteiger partial charge in [-0.15, -0.1) is 0 Å². The van der Waals surface area contributed by atoms with Gasteiger partial charge in [0.25, 0.3) is 5.69 Å². The molecule has 0 spiro atoms. The lowest BCUT2D eigenvalue weighted by Crippen LogP contribution is -2.31. The van der Waals surface area contributed by atoms with Crippen LogP contribution < -0.4 is 11.3 Å². The number of rotatable bonds is 7. The highest BCUT2D eigenvalue weighted by Gasteiger charge is 2.15. The Morgan fingerprint density at radius 2 is 2.25 bits per heavy atom. The molecule has 0 bridgehead atoms. The summed E-state index contributed by atoms with van der Waals surface area (Å²) < 4.78 is 0. The quantitative estimate of drug-likeness (QED) is 0.448. The second-order valence-electron chi connectivity index (χ2n) is 4.72. The van der Waals surface area contributed by atoms with Gasteiger partial charge in [0.2, 0.25) is 0 Å². The molecule has 0 aliphatic carbocycles. The minimum absolute atomic E-state index is 0.0305. The summed E-state index contributed by atoms with van der Waals surface area (Å²) in [5, 5.41) is 19.5. The van der Waals surface area contributed by atoms with Crippen molar-refractivity contribution in [3.8, 4) is 6.07 Å². The standard InChI is InChI=1S/C13H19N5O2/c1-10(2)17(7-3-6-14)9-11-8-12(18(19)20)4-5-13(11)16-15/h4-5,8,10,16H,3,7,9,15H2,1-2H3. The Morgan fingerprint density at radius 1 is 1.55 bits per heavy atom. The average Bonchev–Trinajstić information content (AvgIpc) is 2.42. The Balaban J connectivity index is 3.00. The van der Waals surface area contributed by atoms with E-state index in [4.69, 9.17) is 11.1 Å². The van der Waals surface area contributed by atoms with Gasteiger partial charge in [-0.3, -0.25) is 20.9 Å². The number of nitrogens with zero attached hydrogens (tertiary/aromatic N) is 3. The van der Waals surface area contributed by atoms with E-state index in [1.807, 2.05) is 13.8 Å². The van der Waals surface area contributed by atoms with Gasteiger partial charge in [-0.05, 0) is 25.5 Å². The molecule has 1 aromatic rings. The number of nitriles is 1. The lowest BCUT2D eigenvalue weighted by molar-refractivity contribution is -0.384. The third-order valence-electron chi connectivity index (χ3n) is 3.07. The molecule has 0 radical (unpaired) electrons. The molecule has 0 amide bonds. The molecule has 0 saturated carbocycles. The summed E-state index contributed by atoms with van der Waals surface area (Å²) in [7, 11) is 0. The van der Waals surface area contributed by atoms with E-state index in [2.05, 4.69) is 16.4 Å². The van der Waals surface area contributed by atoms with E-state index in [9.17, 15) is 10.1 Å². The fraction of sp³-hybridized carbons (Fsp3) is 0.462. The molecule has 1 aromatic carbocycles. The SMILES string of the molecule is CC(C)N(CCC#N)Cc1cc([N+](=O)[O-])ccc1NN. The lowest BCUT2D eigenvalue weighted by atomic mass is 10.1. The zero-order chi connectivity index (χ0) is 15.1. The Hall–Kier alpha value is -2.17. The number of nitrogens with two attached hydrogens (primary N) is 1. The molecular weight excluding hydrogens is 258 g/mol. The first-order valence-electron chi connectivity index (χ1n) is 6.34. The molecule has 20 heavy (non-hydrogen) atoms. The maximum atomic E-state index is 10.8. The van der Waals surface area contributed by atoms with Crippen LogP contribution in [0.4, 0.5) is 11.4 Å². The van der Waals surface area contributed by atoms with Crippen LogP contribution in [-0.2, 0) is 6.54 Å². The van der Waals surface area contributed by atoms with Crippen LogP contribution in [0.25, 0.3) is 0 Å². The number of hydrogen-bond donors (Lipinski definition) is 2. The van der Waals surface area contributed by atoms with Crippen LogP contribution in [0.3, 0.4) is 0 Å². The van der Waals surface area contributed by atoms with Gasteiger partial charge in [0.05, 0.1) is 16.7 Å². The van der Waals surface area contributed by atoms with Crippen LogP contribution in [0, 0.1) is 21.4 Å². The second-order valence-corrected chi connectivity index (χ2v) is 4.72. The van der Waals surface area contributed by atoms with Gasteiger partial charge >= 0.3 is 0 Å². The molecule has 0 aromatic heterocycles. The molecule has 0 fully saturated rings. The molecule has 1 rings (SSSR count). The number of anilines is 1. The van der Waals surface area contributed by atoms with E-state index < -0.39 is 4.92 Å². The molecule has 7 heteroatoms. The lowest BCUT2D eigenvalue weighted by Gasteiger charge is -2.26. The van der Waals surface area contributed by atoms with Crippen molar-refractivity contribution < 1.29 is 4.92 Å². The molecule has 3 N–H and O–H groups in total. The largest absolute Gasteiger partial charge is 0.324 e. The number of hydrazine groups is 1. The van der Waals surface area contributed by atoms with Crippen LogP contribution in [0.5, 0.6) is 0 Å². The van der Waals surface area contributed by atoms with E-state index >= 15 is 0 Å². The Morgan fingerprint density at radius 3 is 2.75 bits per heavy atom. The van der Waals surface area contributed by atoms with Crippen LogP contribution >= 0.6 is 0 Å². The highest BCUT2D eigenvalue weighted by molar-refractivity contribution is 5.55. The van der Waals surface area contributed by atoms with Gasteiger partial charge in [0.15, 0.2) is 0 Å². The summed E-state index contributed by atoms with van der Waals surface area (Å²) in [6.45, 7) is 5.15. The zero-order valence-electron chi connectivity index (χ0n) is 11.7. The average molecular weight is 277 g/mol. The predicted octanol–water partition coefficient (Wildman–Crippen LogP) is 2.00. The highest BCUT2D eigenvalue weighted by atomic mass is 16.6. The van der Waals surface area contributed by atoms with E-state index in [-0.39, 0.29) is 11.7 Å². The van der Waals surface area contributed by atoms with E-state index in [0.717, 1.165) is 5.56 Å². The highest BCUT2D eigenvalue weighted by Crippen LogP contribution is 2.23. The molecule has 7 nitrogen and oxygen atoms in total. The first-order chi connectivity index (χ1) is 9.49. The van der Waals surface area contributed by atoms with Gasteiger partial charge < -0.3 is 5.43 Å². The minimum atomic E-state index is -0.432.